The number of hydrogen-bond donors (Lipinski definition) is 2. The van der Waals surface area contributed by atoms with Crippen LogP contribution in [0.2, 0.25) is 0 Å². The number of nitrogens with zero attached hydrogens (tertiary/aromatic N) is 1. The maximum Gasteiger partial charge on any atom is 0.335 e. The fraction of sp³-hybridized carbons (Fsp3) is 0.269. The number of rotatable bonds is 7. The van der Waals surface area contributed by atoms with Crippen LogP contribution in [0, 0.1) is 6.92 Å². The minimum absolute atomic E-state index is 0.0465. The fourth-order valence-corrected chi connectivity index (χ4v) is 4.67. The molecule has 0 unspecified atom stereocenters. The average Bonchev–Trinajstić information content (AvgIpc) is 3.51. The molecule has 35 heavy (non-hydrogen) atoms. The van der Waals surface area contributed by atoms with E-state index >= 15 is 0 Å². The van der Waals surface area contributed by atoms with Gasteiger partial charge >= 0.3 is 10.3 Å². The number of aryl methyl sites for hydroxylation is 1. The van der Waals surface area contributed by atoms with Gasteiger partial charge in [0.2, 0.25) is 12.7 Å². The number of fused-ring (bicyclic) bond motifs is 1. The van der Waals surface area contributed by atoms with Crippen LogP contribution in [-0.4, -0.2) is 37.0 Å². The van der Waals surface area contributed by atoms with Gasteiger partial charge in [-0.2, -0.15) is 12.7 Å². The third-order valence-corrected chi connectivity index (χ3v) is 7.59. The number of hydrogen-bond acceptors (Lipinski definition) is 5. The Balaban J connectivity index is 1.34. The smallest absolute Gasteiger partial charge is 0.335 e. The van der Waals surface area contributed by atoms with Crippen molar-refractivity contribution in [2.24, 2.45) is 0 Å². The van der Waals surface area contributed by atoms with Crippen LogP contribution in [0.1, 0.15) is 29.5 Å². The molecule has 1 fully saturated rings. The monoisotopic (exact) mass is 494 g/mol. The number of carbonyl (C=O) groups excluding carboxylic acids is 1. The van der Waals surface area contributed by atoms with E-state index in [0.29, 0.717) is 17.2 Å². The van der Waals surface area contributed by atoms with E-state index in [2.05, 4.69) is 5.32 Å². The molecular weight excluding hydrogens is 468 g/mol. The molecule has 2 aliphatic rings. The Morgan fingerprint density at radius 1 is 1.03 bits per heavy atom. The Morgan fingerprint density at radius 2 is 1.74 bits per heavy atom. The highest BCUT2D eigenvalue weighted by molar-refractivity contribution is 7.83. The van der Waals surface area contributed by atoms with Gasteiger partial charge in [0.1, 0.15) is 0 Å². The quantitative estimate of drug-likeness (QED) is 0.475. The van der Waals surface area contributed by atoms with Crippen LogP contribution >= 0.6 is 0 Å². The van der Waals surface area contributed by atoms with Gasteiger partial charge in [0, 0.05) is 19.3 Å². The number of amides is 1. The number of carbonyl (C=O) groups is 1. The molecule has 2 N–H and O–H groups in total. The first-order valence-electron chi connectivity index (χ1n) is 11.3. The largest absolute Gasteiger partial charge is 0.454 e. The molecule has 0 saturated heterocycles. The zero-order valence-corrected chi connectivity index (χ0v) is 20.3. The lowest BCUT2D eigenvalue weighted by Gasteiger charge is -2.17. The molecule has 9 heteroatoms. The van der Waals surface area contributed by atoms with Crippen molar-refractivity contribution in [1.29, 1.82) is 0 Å². The average molecular weight is 495 g/mol. The summed E-state index contributed by atoms with van der Waals surface area (Å²) >= 11 is 0. The first kappa shape index (κ1) is 23.3. The van der Waals surface area contributed by atoms with Gasteiger partial charge in [0.15, 0.2) is 11.5 Å². The molecule has 1 aliphatic heterocycles. The topological polar surface area (TPSA) is 105 Å². The Kier molecular flexibility index (Phi) is 5.79. The lowest BCUT2D eigenvalue weighted by Crippen LogP contribution is -2.27. The van der Waals surface area contributed by atoms with Gasteiger partial charge in [-0.25, -0.2) is 0 Å². The second-order valence-corrected chi connectivity index (χ2v) is 10.6. The van der Waals surface area contributed by atoms with Crippen LogP contribution in [0.3, 0.4) is 0 Å². The lowest BCUT2D eigenvalue weighted by molar-refractivity contribution is -0.118. The van der Waals surface area contributed by atoms with Crippen molar-refractivity contribution in [2.45, 2.75) is 31.7 Å². The zero-order valence-electron chi connectivity index (χ0n) is 19.4. The molecule has 8 nitrogen and oxygen atoms in total. The minimum atomic E-state index is -4.24. The molecule has 1 heterocycles. The minimum Gasteiger partial charge on any atom is -0.454 e. The summed E-state index contributed by atoms with van der Waals surface area (Å²) < 4.78 is 43.4. The van der Waals surface area contributed by atoms with Crippen molar-refractivity contribution < 1.29 is 27.2 Å². The van der Waals surface area contributed by atoms with Crippen molar-refractivity contribution in [3.63, 3.8) is 0 Å². The summed E-state index contributed by atoms with van der Waals surface area (Å²) in [5.74, 6) is 1.32. The summed E-state index contributed by atoms with van der Waals surface area (Å²) in [6.45, 7) is 2.26. The molecule has 1 aliphatic carbocycles. The molecule has 0 spiro atoms. The van der Waals surface area contributed by atoms with Crippen LogP contribution < -0.4 is 14.8 Å². The van der Waals surface area contributed by atoms with Crippen molar-refractivity contribution in [3.05, 3.63) is 77.4 Å². The molecule has 1 saturated carbocycles. The van der Waals surface area contributed by atoms with Crippen LogP contribution in [0.15, 0.2) is 60.7 Å². The highest BCUT2D eigenvalue weighted by atomic mass is 32.2. The predicted molar refractivity (Wildman–Crippen MR) is 132 cm³/mol. The zero-order chi connectivity index (χ0) is 24.8. The Morgan fingerprint density at radius 3 is 2.43 bits per heavy atom. The van der Waals surface area contributed by atoms with E-state index in [1.165, 1.54) is 7.05 Å². The molecule has 5 rings (SSSR count). The number of anilines is 1. The van der Waals surface area contributed by atoms with Crippen LogP contribution in [-0.2, 0) is 27.1 Å². The van der Waals surface area contributed by atoms with Crippen molar-refractivity contribution >= 4 is 21.9 Å². The number of nitrogens with one attached hydrogen (secondary N) is 1. The molecule has 0 atom stereocenters. The maximum atomic E-state index is 13.3. The van der Waals surface area contributed by atoms with Gasteiger partial charge in [0.25, 0.3) is 0 Å². The number of benzene rings is 3. The molecule has 0 aromatic heterocycles. The molecule has 182 valence electrons. The predicted octanol–water partition coefficient (Wildman–Crippen LogP) is 4.30. The highest BCUT2D eigenvalue weighted by Crippen LogP contribution is 2.51. The summed E-state index contributed by atoms with van der Waals surface area (Å²) in [6.07, 6.45) is 1.55. The molecule has 0 bridgehead atoms. The fourth-order valence-electron chi connectivity index (χ4n) is 4.36. The van der Waals surface area contributed by atoms with Gasteiger partial charge in [-0.05, 0) is 71.8 Å². The number of ether oxygens (including phenoxy) is 2. The van der Waals surface area contributed by atoms with Crippen molar-refractivity contribution in [2.75, 3.05) is 19.2 Å². The van der Waals surface area contributed by atoms with Crippen molar-refractivity contribution in [1.82, 2.24) is 4.31 Å². The molecule has 3 aromatic carbocycles. The van der Waals surface area contributed by atoms with E-state index in [4.69, 9.17) is 14.0 Å². The highest BCUT2D eigenvalue weighted by Gasteiger charge is 2.51. The van der Waals surface area contributed by atoms with Crippen LogP contribution in [0.25, 0.3) is 11.1 Å². The molecule has 0 radical (unpaired) electrons. The molecule has 1 amide bonds. The summed E-state index contributed by atoms with van der Waals surface area (Å²) in [5, 5.41) is 3.09. The van der Waals surface area contributed by atoms with E-state index in [0.717, 1.165) is 45.0 Å². The van der Waals surface area contributed by atoms with Gasteiger partial charge < -0.3 is 14.8 Å². The van der Waals surface area contributed by atoms with Gasteiger partial charge in [-0.1, -0.05) is 36.4 Å². The van der Waals surface area contributed by atoms with E-state index < -0.39 is 15.7 Å². The van der Waals surface area contributed by atoms with Crippen molar-refractivity contribution in [3.8, 4) is 22.6 Å². The third-order valence-electron chi connectivity index (χ3n) is 6.67. The summed E-state index contributed by atoms with van der Waals surface area (Å²) in [6, 6.07) is 18.9. The van der Waals surface area contributed by atoms with Crippen LogP contribution in [0.5, 0.6) is 11.5 Å². The second kappa shape index (κ2) is 8.67. The first-order chi connectivity index (χ1) is 16.7. The van der Waals surface area contributed by atoms with E-state index in [9.17, 15) is 13.2 Å². The maximum absolute atomic E-state index is 13.3. The second-order valence-electron chi connectivity index (χ2n) is 9.06. The SMILES string of the molecule is Cc1ccc(NC(=O)C2(c3ccc4c(c3)OCO4)CC2)cc1-c1ccc(CN(C)S(=O)(=O)O)cc1. The van der Waals surface area contributed by atoms with E-state index in [1.807, 2.05) is 67.6 Å². The van der Waals surface area contributed by atoms with Gasteiger partial charge in [0.05, 0.1) is 5.41 Å². The standard InChI is InChI=1S/C26H26N2O6S/c1-17-3-9-21(14-22(17)19-6-4-18(5-7-19)15-28(2)35(30,31)32)27-25(29)26(11-12-26)20-8-10-23-24(13-20)34-16-33-23/h3-10,13-14H,11-12,15-16H2,1-2H3,(H,27,29)(H,30,31,32). The Hall–Kier alpha value is -3.40. The van der Waals surface area contributed by atoms with Gasteiger partial charge in [-0.15, -0.1) is 0 Å². The summed E-state index contributed by atoms with van der Waals surface area (Å²) in [4.78, 5) is 13.3. The summed E-state index contributed by atoms with van der Waals surface area (Å²) in [7, 11) is -2.92. The van der Waals surface area contributed by atoms with E-state index in [-0.39, 0.29) is 19.2 Å². The Bertz CT molecular complexity index is 1400. The lowest BCUT2D eigenvalue weighted by atomic mass is 9.94. The first-order valence-corrected chi connectivity index (χ1v) is 12.7. The molecular formula is C26H26N2O6S. The third kappa shape index (κ3) is 4.62. The van der Waals surface area contributed by atoms with E-state index in [1.54, 1.807) is 0 Å². The van der Waals surface area contributed by atoms with Gasteiger partial charge in [-0.3, -0.25) is 9.35 Å². The normalized spacial score (nSPS) is 15.8. The van der Waals surface area contributed by atoms with Crippen LogP contribution in [0.4, 0.5) is 5.69 Å². The Labute approximate surface area is 204 Å². The molecule has 3 aromatic rings. The summed E-state index contributed by atoms with van der Waals surface area (Å²) in [5.41, 5.74) is 4.76.